The Morgan fingerprint density at radius 3 is 2.59 bits per heavy atom. The molecule has 4 fully saturated rings. The number of hydrogen-bond acceptors (Lipinski definition) is 3. The average Bonchev–Trinajstić information content (AvgIpc) is 2.97. The number of rotatable bonds is 3. The van der Waals surface area contributed by atoms with Crippen LogP contribution in [0.2, 0.25) is 0 Å². The Hall–Kier alpha value is -2.08. The summed E-state index contributed by atoms with van der Waals surface area (Å²) in [7, 11) is 0. The zero-order valence-corrected chi connectivity index (χ0v) is 17.7. The average molecular weight is 415 g/mol. The fourth-order valence-corrected chi connectivity index (χ4v) is 7.22. The van der Waals surface area contributed by atoms with E-state index in [0.29, 0.717) is 17.4 Å². The molecule has 6 rings (SSSR count). The second-order valence-electron chi connectivity index (χ2n) is 9.41. The van der Waals surface area contributed by atoms with E-state index in [0.717, 1.165) is 55.5 Å². The molecule has 1 heterocycles. The van der Waals surface area contributed by atoms with Crippen LogP contribution in [0.25, 0.3) is 11.0 Å². The lowest BCUT2D eigenvalue weighted by Gasteiger charge is -2.59. The second-order valence-corrected chi connectivity index (χ2v) is 10.2. The van der Waals surface area contributed by atoms with Gasteiger partial charge in [-0.15, -0.1) is 11.6 Å². The molecule has 0 aliphatic heterocycles. The van der Waals surface area contributed by atoms with Gasteiger partial charge in [0.2, 0.25) is 5.91 Å². The van der Waals surface area contributed by atoms with E-state index in [1.54, 1.807) is 12.1 Å². The number of alkyl halides is 1. The van der Waals surface area contributed by atoms with E-state index in [9.17, 15) is 9.59 Å². The first-order valence-electron chi connectivity index (χ1n) is 10.6. The molecule has 7 heteroatoms. The van der Waals surface area contributed by atoms with E-state index in [1.165, 1.54) is 6.42 Å². The molecule has 4 aliphatic carbocycles. The molecule has 2 aromatic rings. The van der Waals surface area contributed by atoms with Crippen molar-refractivity contribution in [3.63, 3.8) is 0 Å². The molecule has 2 amide bonds. The highest BCUT2D eigenvalue weighted by Crippen LogP contribution is 2.63. The van der Waals surface area contributed by atoms with Crippen LogP contribution in [-0.4, -0.2) is 26.2 Å². The fourth-order valence-electron chi connectivity index (χ4n) is 6.53. The van der Waals surface area contributed by atoms with Crippen molar-refractivity contribution in [1.29, 1.82) is 0 Å². The van der Waals surface area contributed by atoms with Crippen LogP contribution in [-0.2, 0) is 11.3 Å². The summed E-state index contributed by atoms with van der Waals surface area (Å²) in [6, 6.07) is 5.45. The van der Waals surface area contributed by atoms with E-state index < -0.39 is 5.41 Å². The first-order chi connectivity index (χ1) is 13.8. The Morgan fingerprint density at radius 1 is 1.21 bits per heavy atom. The van der Waals surface area contributed by atoms with Gasteiger partial charge in [0.1, 0.15) is 5.82 Å². The summed E-state index contributed by atoms with van der Waals surface area (Å²) in [5, 5.41) is 0. The van der Waals surface area contributed by atoms with E-state index in [1.807, 2.05) is 13.0 Å². The van der Waals surface area contributed by atoms with E-state index in [-0.39, 0.29) is 16.7 Å². The lowest BCUT2D eigenvalue weighted by Crippen LogP contribution is -2.60. The number of aryl methyl sites for hydroxylation is 2. The molecule has 6 nitrogen and oxygen atoms in total. The van der Waals surface area contributed by atoms with Gasteiger partial charge in [-0.05, 0) is 82.4 Å². The predicted octanol–water partition coefficient (Wildman–Crippen LogP) is 3.70. The summed E-state index contributed by atoms with van der Waals surface area (Å²) < 4.78 is 2.10. The van der Waals surface area contributed by atoms with Crippen LogP contribution in [0.1, 0.15) is 61.6 Å². The third-order valence-electron chi connectivity index (χ3n) is 7.28. The first kappa shape index (κ1) is 18.9. The molecular weight excluding hydrogens is 388 g/mol. The Kier molecular flexibility index (Phi) is 4.21. The molecular formula is C22H27ClN4O2. The Bertz CT molecular complexity index is 1000. The van der Waals surface area contributed by atoms with Crippen molar-refractivity contribution in [2.75, 3.05) is 0 Å². The summed E-state index contributed by atoms with van der Waals surface area (Å²) in [5.74, 6) is 1.58. The van der Waals surface area contributed by atoms with E-state index >= 15 is 0 Å². The highest BCUT2D eigenvalue weighted by molar-refractivity contribution is 6.24. The normalized spacial score (nSPS) is 32.5. The third kappa shape index (κ3) is 3.03. The van der Waals surface area contributed by atoms with Gasteiger partial charge in [0.05, 0.1) is 16.4 Å². The number of imidazole rings is 1. The lowest BCUT2D eigenvalue weighted by molar-refractivity contribution is -0.145. The van der Waals surface area contributed by atoms with Gasteiger partial charge in [0.15, 0.2) is 0 Å². The minimum atomic E-state index is -0.430. The van der Waals surface area contributed by atoms with Crippen LogP contribution < -0.4 is 10.9 Å². The summed E-state index contributed by atoms with van der Waals surface area (Å²) in [5.41, 5.74) is 7.17. The van der Waals surface area contributed by atoms with Crippen LogP contribution in [0, 0.1) is 24.2 Å². The van der Waals surface area contributed by atoms with Crippen LogP contribution >= 0.6 is 11.6 Å². The molecule has 1 aromatic carbocycles. The van der Waals surface area contributed by atoms with Gasteiger partial charge in [0, 0.05) is 17.0 Å². The molecule has 0 spiro atoms. The topological polar surface area (TPSA) is 76.0 Å². The van der Waals surface area contributed by atoms with Crippen molar-refractivity contribution < 1.29 is 9.59 Å². The molecule has 2 unspecified atom stereocenters. The van der Waals surface area contributed by atoms with Crippen molar-refractivity contribution in [1.82, 2.24) is 20.4 Å². The molecule has 4 saturated carbocycles. The van der Waals surface area contributed by atoms with Crippen molar-refractivity contribution in [2.45, 2.75) is 63.8 Å². The van der Waals surface area contributed by atoms with Crippen molar-refractivity contribution >= 4 is 34.4 Å². The van der Waals surface area contributed by atoms with Crippen LogP contribution in [0.5, 0.6) is 0 Å². The van der Waals surface area contributed by atoms with Gasteiger partial charge in [-0.2, -0.15) is 0 Å². The zero-order chi connectivity index (χ0) is 20.4. The van der Waals surface area contributed by atoms with Crippen LogP contribution in [0.3, 0.4) is 0 Å². The lowest BCUT2D eigenvalue weighted by atomic mass is 9.49. The summed E-state index contributed by atoms with van der Waals surface area (Å²) in [6.45, 7) is 4.86. The number of benzene rings is 1. The molecule has 1 aromatic heterocycles. The molecule has 154 valence electrons. The Labute approximate surface area is 175 Å². The predicted molar refractivity (Wildman–Crippen MR) is 111 cm³/mol. The zero-order valence-electron chi connectivity index (χ0n) is 16.9. The summed E-state index contributed by atoms with van der Waals surface area (Å²) >= 11 is 6.83. The molecule has 4 atom stereocenters. The number of hydrazine groups is 1. The van der Waals surface area contributed by atoms with Gasteiger partial charge in [0.25, 0.3) is 5.91 Å². The summed E-state index contributed by atoms with van der Waals surface area (Å²) in [4.78, 5) is 30.0. The molecule has 4 bridgehead atoms. The standard InChI is InChI=1S/C22H27ClN4O2/c1-3-27-13(2)24-17-7-16(4-5-18(17)27)19(28)25-26-20(29)21-8-14-6-15(9-21)11-22(23,10-14)12-21/h4-5,7,14-15H,3,6,8-12H2,1-2H3,(H,25,28)(H,26,29)/t14-,15+,21?,22?. The van der Waals surface area contributed by atoms with Gasteiger partial charge < -0.3 is 4.57 Å². The third-order valence-corrected chi connectivity index (χ3v) is 7.72. The molecule has 0 saturated heterocycles. The maximum Gasteiger partial charge on any atom is 0.269 e. The van der Waals surface area contributed by atoms with Gasteiger partial charge in [-0.3, -0.25) is 20.4 Å². The highest BCUT2D eigenvalue weighted by atomic mass is 35.5. The number of halogens is 1. The maximum atomic E-state index is 13.1. The maximum absolute atomic E-state index is 13.1. The van der Waals surface area contributed by atoms with Crippen LogP contribution in [0.15, 0.2) is 18.2 Å². The quantitative estimate of drug-likeness (QED) is 0.593. The monoisotopic (exact) mass is 414 g/mol. The van der Waals surface area contributed by atoms with E-state index in [4.69, 9.17) is 11.6 Å². The molecule has 2 N–H and O–H groups in total. The first-order valence-corrected chi connectivity index (χ1v) is 11.0. The van der Waals surface area contributed by atoms with Gasteiger partial charge in [-0.25, -0.2) is 4.98 Å². The SMILES string of the molecule is CCn1c(C)nc2cc(C(=O)NNC(=O)C34C[C@@H]5C[C@@H](CC(Cl)(C5)C3)C4)ccc21. The largest absolute Gasteiger partial charge is 0.329 e. The number of nitrogens with one attached hydrogen (secondary N) is 2. The van der Waals surface area contributed by atoms with Crippen molar-refractivity contribution in [3.8, 4) is 0 Å². The second kappa shape index (κ2) is 6.46. The molecule has 4 aliphatic rings. The minimum Gasteiger partial charge on any atom is -0.329 e. The highest BCUT2D eigenvalue weighted by Gasteiger charge is 2.60. The number of amides is 2. The van der Waals surface area contributed by atoms with E-state index in [2.05, 4.69) is 27.3 Å². The van der Waals surface area contributed by atoms with Crippen molar-refractivity contribution in [3.05, 3.63) is 29.6 Å². The van der Waals surface area contributed by atoms with Gasteiger partial charge >= 0.3 is 0 Å². The summed E-state index contributed by atoms with van der Waals surface area (Å²) in [6.07, 6.45) is 5.74. The number of fused-ring (bicyclic) bond motifs is 1. The Morgan fingerprint density at radius 2 is 1.93 bits per heavy atom. The number of hydrogen-bond donors (Lipinski definition) is 2. The molecule has 29 heavy (non-hydrogen) atoms. The number of nitrogens with zero attached hydrogens (tertiary/aromatic N) is 2. The molecule has 0 radical (unpaired) electrons. The smallest absolute Gasteiger partial charge is 0.269 e. The number of carbonyl (C=O) groups is 2. The Balaban J connectivity index is 1.30. The minimum absolute atomic E-state index is 0.0860. The van der Waals surface area contributed by atoms with Crippen LogP contribution in [0.4, 0.5) is 0 Å². The van der Waals surface area contributed by atoms with Crippen molar-refractivity contribution in [2.24, 2.45) is 17.3 Å². The fraction of sp³-hybridized carbons (Fsp3) is 0.591. The van der Waals surface area contributed by atoms with Gasteiger partial charge in [-0.1, -0.05) is 0 Å². The number of carbonyl (C=O) groups excluding carboxylic acids is 2. The number of aromatic nitrogens is 2.